The number of aliphatic imine (C=N–C) groups is 1. The zero-order valence-electron chi connectivity index (χ0n) is 16.6. The van der Waals surface area contributed by atoms with Crippen LogP contribution in [0.2, 0.25) is 0 Å². The Morgan fingerprint density at radius 2 is 1.81 bits per heavy atom. The smallest absolute Gasteiger partial charge is 0.191 e. The first-order valence-corrected chi connectivity index (χ1v) is 9.42. The van der Waals surface area contributed by atoms with Crippen LogP contribution in [0.4, 0.5) is 5.69 Å². The quantitative estimate of drug-likeness (QED) is 0.348. The molecule has 6 heteroatoms. The minimum atomic E-state index is -0.00838. The van der Waals surface area contributed by atoms with E-state index in [0.29, 0.717) is 19.1 Å². The number of piperidine rings is 1. The van der Waals surface area contributed by atoms with Crippen molar-refractivity contribution in [2.24, 2.45) is 10.9 Å². The molecule has 1 fully saturated rings. The third kappa shape index (κ3) is 7.70. The minimum Gasteiger partial charge on any atom is -0.396 e. The number of rotatable bonds is 5. The van der Waals surface area contributed by atoms with Crippen LogP contribution >= 0.6 is 24.0 Å². The van der Waals surface area contributed by atoms with Gasteiger partial charge in [0.2, 0.25) is 0 Å². The number of hydrogen-bond donors (Lipinski definition) is 3. The van der Waals surface area contributed by atoms with Gasteiger partial charge < -0.3 is 20.6 Å². The molecule has 0 aromatic heterocycles. The SMILES string of the molecule is CCNC(=NCc1ccc(N2CCC(CO)CC2)cc1)NC(C)(C)C.I. The summed E-state index contributed by atoms with van der Waals surface area (Å²) >= 11 is 0. The van der Waals surface area contributed by atoms with Crippen LogP contribution in [0.3, 0.4) is 0 Å². The first-order chi connectivity index (χ1) is 11.9. The third-order valence-electron chi connectivity index (χ3n) is 4.43. The average molecular weight is 474 g/mol. The Morgan fingerprint density at radius 3 is 2.31 bits per heavy atom. The number of guanidine groups is 1. The summed E-state index contributed by atoms with van der Waals surface area (Å²) in [7, 11) is 0. The number of anilines is 1. The highest BCUT2D eigenvalue weighted by Gasteiger charge is 2.18. The van der Waals surface area contributed by atoms with Crippen LogP contribution in [0.1, 0.15) is 46.1 Å². The van der Waals surface area contributed by atoms with Crippen LogP contribution < -0.4 is 15.5 Å². The van der Waals surface area contributed by atoms with Crippen LogP contribution in [-0.4, -0.2) is 42.8 Å². The van der Waals surface area contributed by atoms with Gasteiger partial charge >= 0.3 is 0 Å². The zero-order valence-corrected chi connectivity index (χ0v) is 18.9. The van der Waals surface area contributed by atoms with E-state index in [4.69, 9.17) is 0 Å². The molecule has 1 heterocycles. The van der Waals surface area contributed by atoms with E-state index in [9.17, 15) is 5.11 Å². The summed E-state index contributed by atoms with van der Waals surface area (Å²) in [5.74, 6) is 1.33. The molecule has 0 saturated carbocycles. The van der Waals surface area contributed by atoms with Crippen LogP contribution in [-0.2, 0) is 6.54 Å². The standard InChI is InChI=1S/C20H34N4O.HI/c1-5-21-19(23-20(2,3)4)22-14-16-6-8-18(9-7-16)24-12-10-17(15-25)11-13-24;/h6-9,17,25H,5,10-15H2,1-4H3,(H2,21,22,23);1H. The van der Waals surface area contributed by atoms with Crippen molar-refractivity contribution >= 4 is 35.6 Å². The highest BCUT2D eigenvalue weighted by molar-refractivity contribution is 14.0. The lowest BCUT2D eigenvalue weighted by Crippen LogP contribution is -2.47. The number of nitrogens with one attached hydrogen (secondary N) is 2. The van der Waals surface area contributed by atoms with Crippen molar-refractivity contribution in [3.63, 3.8) is 0 Å². The molecule has 2 rings (SSSR count). The van der Waals surface area contributed by atoms with Gasteiger partial charge in [-0.3, -0.25) is 0 Å². The van der Waals surface area contributed by atoms with Crippen LogP contribution in [0.15, 0.2) is 29.3 Å². The Hall–Kier alpha value is -1.02. The maximum atomic E-state index is 9.26. The molecule has 0 bridgehead atoms. The predicted octanol–water partition coefficient (Wildman–Crippen LogP) is 3.37. The molecule has 0 unspecified atom stereocenters. The summed E-state index contributed by atoms with van der Waals surface area (Å²) in [6.45, 7) is 12.4. The van der Waals surface area contributed by atoms with Crippen molar-refractivity contribution in [1.82, 2.24) is 10.6 Å². The molecular weight excluding hydrogens is 439 g/mol. The summed E-state index contributed by atoms with van der Waals surface area (Å²) in [5, 5.41) is 16.0. The summed E-state index contributed by atoms with van der Waals surface area (Å²) in [6, 6.07) is 8.71. The number of halogens is 1. The van der Waals surface area contributed by atoms with Crippen LogP contribution in [0.25, 0.3) is 0 Å². The van der Waals surface area contributed by atoms with Crippen LogP contribution in [0.5, 0.6) is 0 Å². The molecule has 1 aliphatic heterocycles. The summed E-state index contributed by atoms with van der Waals surface area (Å²) < 4.78 is 0. The van der Waals surface area contributed by atoms with Crippen molar-refractivity contribution in [2.75, 3.05) is 31.1 Å². The van der Waals surface area contributed by atoms with E-state index < -0.39 is 0 Å². The molecule has 0 spiro atoms. The van der Waals surface area contributed by atoms with Gasteiger partial charge in [-0.05, 0) is 64.2 Å². The van der Waals surface area contributed by atoms with Crippen molar-refractivity contribution in [3.8, 4) is 0 Å². The van der Waals surface area contributed by atoms with E-state index in [0.717, 1.165) is 38.4 Å². The van der Waals surface area contributed by atoms with E-state index in [-0.39, 0.29) is 29.5 Å². The molecule has 5 nitrogen and oxygen atoms in total. The molecule has 26 heavy (non-hydrogen) atoms. The number of nitrogens with zero attached hydrogens (tertiary/aromatic N) is 2. The monoisotopic (exact) mass is 474 g/mol. The minimum absolute atomic E-state index is 0. The van der Waals surface area contributed by atoms with Gasteiger partial charge in [-0.25, -0.2) is 4.99 Å². The fourth-order valence-electron chi connectivity index (χ4n) is 3.02. The molecule has 0 atom stereocenters. The third-order valence-corrected chi connectivity index (χ3v) is 4.43. The molecule has 1 saturated heterocycles. The second-order valence-corrected chi connectivity index (χ2v) is 7.85. The maximum Gasteiger partial charge on any atom is 0.191 e. The van der Waals surface area contributed by atoms with Gasteiger partial charge in [-0.2, -0.15) is 0 Å². The summed E-state index contributed by atoms with van der Waals surface area (Å²) in [5.41, 5.74) is 2.47. The molecule has 0 radical (unpaired) electrons. The first-order valence-electron chi connectivity index (χ1n) is 9.42. The number of benzene rings is 1. The van der Waals surface area contributed by atoms with E-state index in [1.165, 1.54) is 11.3 Å². The first kappa shape index (κ1) is 23.0. The van der Waals surface area contributed by atoms with Gasteiger partial charge in [0.25, 0.3) is 0 Å². The Bertz CT molecular complexity index is 546. The lowest BCUT2D eigenvalue weighted by Gasteiger charge is -2.32. The second kappa shape index (κ2) is 11.0. The molecule has 0 amide bonds. The normalized spacial score (nSPS) is 16.2. The Balaban J connectivity index is 0.00000338. The van der Waals surface area contributed by atoms with Gasteiger partial charge in [0.15, 0.2) is 5.96 Å². The summed E-state index contributed by atoms with van der Waals surface area (Å²) in [6.07, 6.45) is 2.15. The Morgan fingerprint density at radius 1 is 1.19 bits per heavy atom. The molecule has 3 N–H and O–H groups in total. The van der Waals surface area contributed by atoms with E-state index in [1.807, 2.05) is 0 Å². The van der Waals surface area contributed by atoms with Crippen molar-refractivity contribution in [2.45, 2.75) is 52.6 Å². The average Bonchev–Trinajstić information content (AvgIpc) is 2.59. The predicted molar refractivity (Wildman–Crippen MR) is 122 cm³/mol. The molecule has 1 aromatic rings. The van der Waals surface area contributed by atoms with Gasteiger partial charge in [-0.1, -0.05) is 12.1 Å². The fourth-order valence-corrected chi connectivity index (χ4v) is 3.02. The van der Waals surface area contributed by atoms with E-state index in [2.05, 4.69) is 72.5 Å². The van der Waals surface area contributed by atoms with E-state index >= 15 is 0 Å². The number of aliphatic hydroxyl groups excluding tert-OH is 1. The van der Waals surface area contributed by atoms with Crippen molar-refractivity contribution in [1.29, 1.82) is 0 Å². The molecule has 148 valence electrons. The van der Waals surface area contributed by atoms with Crippen molar-refractivity contribution < 1.29 is 5.11 Å². The molecular formula is C20H35IN4O. The Labute approximate surface area is 175 Å². The fraction of sp³-hybridized carbons (Fsp3) is 0.650. The lowest BCUT2D eigenvalue weighted by molar-refractivity contribution is 0.203. The molecule has 0 aliphatic carbocycles. The zero-order chi connectivity index (χ0) is 18.3. The largest absolute Gasteiger partial charge is 0.396 e. The van der Waals surface area contributed by atoms with Crippen LogP contribution in [0, 0.1) is 5.92 Å². The highest BCUT2D eigenvalue weighted by atomic mass is 127. The van der Waals surface area contributed by atoms with Gasteiger partial charge in [0.05, 0.1) is 6.54 Å². The highest BCUT2D eigenvalue weighted by Crippen LogP contribution is 2.23. The van der Waals surface area contributed by atoms with E-state index in [1.54, 1.807) is 0 Å². The Kier molecular flexibility index (Phi) is 9.71. The second-order valence-electron chi connectivity index (χ2n) is 7.85. The van der Waals surface area contributed by atoms with Gasteiger partial charge in [0, 0.05) is 37.5 Å². The lowest BCUT2D eigenvalue weighted by atomic mass is 9.97. The number of aliphatic hydroxyl groups is 1. The van der Waals surface area contributed by atoms with Crippen molar-refractivity contribution in [3.05, 3.63) is 29.8 Å². The van der Waals surface area contributed by atoms with Gasteiger partial charge in [0.1, 0.15) is 0 Å². The van der Waals surface area contributed by atoms with Gasteiger partial charge in [-0.15, -0.1) is 24.0 Å². The number of hydrogen-bond acceptors (Lipinski definition) is 3. The molecule has 1 aliphatic rings. The summed E-state index contributed by atoms with van der Waals surface area (Å²) in [4.78, 5) is 7.09. The maximum absolute atomic E-state index is 9.26. The topological polar surface area (TPSA) is 59.9 Å². The molecule has 1 aromatic carbocycles.